The van der Waals surface area contributed by atoms with E-state index in [0.29, 0.717) is 26.2 Å². The summed E-state index contributed by atoms with van der Waals surface area (Å²) in [6.45, 7) is 3.68. The van der Waals surface area contributed by atoms with Crippen molar-refractivity contribution in [3.63, 3.8) is 0 Å². The van der Waals surface area contributed by atoms with Crippen LogP contribution < -0.4 is 0 Å². The number of hydrogen-bond acceptors (Lipinski definition) is 7. The summed E-state index contributed by atoms with van der Waals surface area (Å²) in [6, 6.07) is 10.1. The van der Waals surface area contributed by atoms with E-state index in [4.69, 9.17) is 4.74 Å². The molecule has 37 heavy (non-hydrogen) atoms. The largest absolute Gasteiger partial charge is 0.507 e. The Morgan fingerprint density at radius 1 is 1.05 bits per heavy atom. The van der Waals surface area contributed by atoms with E-state index in [1.807, 2.05) is 0 Å². The van der Waals surface area contributed by atoms with E-state index in [1.54, 1.807) is 6.07 Å². The molecule has 0 radical (unpaired) electrons. The van der Waals surface area contributed by atoms with Crippen molar-refractivity contribution in [2.45, 2.75) is 17.4 Å². The van der Waals surface area contributed by atoms with Gasteiger partial charge in [-0.15, -0.1) is 0 Å². The van der Waals surface area contributed by atoms with Gasteiger partial charge in [0.1, 0.15) is 11.6 Å². The van der Waals surface area contributed by atoms with Crippen LogP contribution in [0.5, 0.6) is 0 Å². The van der Waals surface area contributed by atoms with E-state index < -0.39 is 39.3 Å². The maximum Gasteiger partial charge on any atom is 0.295 e. The second kappa shape index (κ2) is 11.1. The number of Topliss-reactive ketones (excluding diaryl/α,β-unsaturated/α-hetero) is 1. The van der Waals surface area contributed by atoms with Gasteiger partial charge in [0.15, 0.2) is 0 Å². The average molecular weight is 532 g/mol. The van der Waals surface area contributed by atoms with Crippen molar-refractivity contribution in [1.82, 2.24) is 14.1 Å². The quantitative estimate of drug-likeness (QED) is 0.316. The van der Waals surface area contributed by atoms with Crippen molar-refractivity contribution in [2.24, 2.45) is 0 Å². The molecule has 0 saturated carbocycles. The molecule has 1 atom stereocenters. The van der Waals surface area contributed by atoms with Crippen molar-refractivity contribution >= 4 is 27.5 Å². The molecule has 0 spiro atoms. The number of morpholine rings is 1. The number of nitrogens with zero attached hydrogens (tertiary/aromatic N) is 3. The first-order valence-corrected chi connectivity index (χ1v) is 13.4. The van der Waals surface area contributed by atoms with E-state index >= 15 is 0 Å². The molecule has 4 rings (SSSR count). The summed E-state index contributed by atoms with van der Waals surface area (Å²) in [5.74, 6) is -2.83. The van der Waals surface area contributed by atoms with Crippen molar-refractivity contribution in [3.05, 3.63) is 71.0 Å². The second-order valence-corrected chi connectivity index (χ2v) is 11.3. The Morgan fingerprint density at radius 2 is 1.70 bits per heavy atom. The molecular weight excluding hydrogens is 501 g/mol. The summed E-state index contributed by atoms with van der Waals surface area (Å²) in [5, 5.41) is 11.2. The zero-order valence-electron chi connectivity index (χ0n) is 20.8. The number of amides is 1. The third-order valence-corrected chi connectivity index (χ3v) is 8.45. The van der Waals surface area contributed by atoms with Gasteiger partial charge in [0.25, 0.3) is 11.7 Å². The number of carbonyl (C=O) groups is 2. The summed E-state index contributed by atoms with van der Waals surface area (Å²) in [6.07, 6.45) is 0.551. The molecule has 2 fully saturated rings. The third-order valence-electron chi connectivity index (χ3n) is 6.62. The third kappa shape index (κ3) is 5.45. The Bertz CT molecular complexity index is 1300. The predicted octanol–water partition coefficient (Wildman–Crippen LogP) is 2.22. The van der Waals surface area contributed by atoms with Crippen LogP contribution in [0, 0.1) is 5.82 Å². The standard InChI is InChI=1S/C26H30FN3O6S/c1-28(2)37(34,35)19-10-8-18(9-11-19)24(31)22-23(20-6-3-4-7-21(20)27)30(26(33)25(22)32)13-5-12-29-14-16-36-17-15-29/h3-4,6-11,23,31H,5,12-17H2,1-2H3/t23-/m1/s1. The minimum atomic E-state index is -3.70. The SMILES string of the molecule is CN(C)S(=O)(=O)c1ccc(C(O)=C2C(=O)C(=O)N(CCCN3CCOCC3)[C@@H]2c2ccccc2F)cc1. The van der Waals surface area contributed by atoms with E-state index in [-0.39, 0.29) is 28.1 Å². The van der Waals surface area contributed by atoms with Crippen LogP contribution >= 0.6 is 0 Å². The van der Waals surface area contributed by atoms with Gasteiger partial charge in [0.05, 0.1) is 29.7 Å². The van der Waals surface area contributed by atoms with Gasteiger partial charge < -0.3 is 14.7 Å². The molecule has 2 heterocycles. The number of ketones is 1. The summed E-state index contributed by atoms with van der Waals surface area (Å²) in [5.41, 5.74) is 0.0106. The van der Waals surface area contributed by atoms with E-state index in [0.717, 1.165) is 17.4 Å². The zero-order valence-corrected chi connectivity index (χ0v) is 21.6. The van der Waals surface area contributed by atoms with Gasteiger partial charge in [-0.25, -0.2) is 17.1 Å². The fourth-order valence-corrected chi connectivity index (χ4v) is 5.47. The first-order valence-electron chi connectivity index (χ1n) is 12.0. The number of aliphatic hydroxyl groups is 1. The van der Waals surface area contributed by atoms with Crippen LogP contribution in [-0.2, 0) is 24.3 Å². The maximum atomic E-state index is 14.9. The highest BCUT2D eigenvalue weighted by Gasteiger charge is 2.46. The number of rotatable bonds is 8. The lowest BCUT2D eigenvalue weighted by Gasteiger charge is -2.29. The first-order chi connectivity index (χ1) is 17.6. The molecule has 11 heteroatoms. The second-order valence-electron chi connectivity index (χ2n) is 9.13. The van der Waals surface area contributed by atoms with Gasteiger partial charge in [-0.1, -0.05) is 18.2 Å². The maximum absolute atomic E-state index is 14.9. The van der Waals surface area contributed by atoms with E-state index in [2.05, 4.69) is 4.90 Å². The monoisotopic (exact) mass is 531 g/mol. The highest BCUT2D eigenvalue weighted by molar-refractivity contribution is 7.89. The smallest absolute Gasteiger partial charge is 0.295 e. The summed E-state index contributed by atoms with van der Waals surface area (Å²) in [4.78, 5) is 29.7. The fraction of sp³-hybridized carbons (Fsp3) is 0.385. The molecule has 2 aliphatic rings. The number of halogens is 1. The normalized spacial score (nSPS) is 20.6. The van der Waals surface area contributed by atoms with Crippen molar-refractivity contribution < 1.29 is 32.2 Å². The lowest BCUT2D eigenvalue weighted by Crippen LogP contribution is -2.39. The summed E-state index contributed by atoms with van der Waals surface area (Å²) in [7, 11) is -0.899. The fourth-order valence-electron chi connectivity index (χ4n) is 4.57. The molecule has 2 saturated heterocycles. The molecule has 0 aromatic heterocycles. The lowest BCUT2D eigenvalue weighted by molar-refractivity contribution is -0.140. The first kappa shape index (κ1) is 26.9. The van der Waals surface area contributed by atoms with Gasteiger partial charge in [-0.2, -0.15) is 0 Å². The minimum Gasteiger partial charge on any atom is -0.507 e. The number of ether oxygens (including phenoxy) is 1. The average Bonchev–Trinajstić information content (AvgIpc) is 3.14. The minimum absolute atomic E-state index is 0.00303. The highest BCUT2D eigenvalue weighted by atomic mass is 32.2. The van der Waals surface area contributed by atoms with Crippen molar-refractivity contribution in [2.75, 3.05) is 53.5 Å². The molecule has 1 amide bonds. The summed E-state index contributed by atoms with van der Waals surface area (Å²) < 4.78 is 46.1. The molecule has 2 aromatic carbocycles. The van der Waals surface area contributed by atoms with Crippen LogP contribution in [-0.4, -0.2) is 92.8 Å². The molecule has 2 aromatic rings. The number of likely N-dealkylation sites (tertiary alicyclic amines) is 1. The number of sulfonamides is 1. The molecule has 0 unspecified atom stereocenters. The molecular formula is C26H30FN3O6S. The number of carbonyl (C=O) groups excluding carboxylic acids is 2. The van der Waals surface area contributed by atoms with Gasteiger partial charge in [0.2, 0.25) is 10.0 Å². The van der Waals surface area contributed by atoms with Crippen LogP contribution in [0.2, 0.25) is 0 Å². The zero-order chi connectivity index (χ0) is 26.7. The Balaban J connectivity index is 1.69. The highest BCUT2D eigenvalue weighted by Crippen LogP contribution is 2.40. The molecule has 0 bridgehead atoms. The van der Waals surface area contributed by atoms with Crippen LogP contribution in [0.1, 0.15) is 23.6 Å². The Kier molecular flexibility index (Phi) is 8.08. The van der Waals surface area contributed by atoms with Gasteiger partial charge in [-0.05, 0) is 36.8 Å². The number of hydrogen-bond donors (Lipinski definition) is 1. The predicted molar refractivity (Wildman–Crippen MR) is 135 cm³/mol. The van der Waals surface area contributed by atoms with Gasteiger partial charge in [0, 0.05) is 51.4 Å². The Hall–Kier alpha value is -3.12. The summed E-state index contributed by atoms with van der Waals surface area (Å²) >= 11 is 0. The van der Waals surface area contributed by atoms with Crippen LogP contribution in [0.4, 0.5) is 4.39 Å². The molecule has 1 N–H and O–H groups in total. The van der Waals surface area contributed by atoms with Crippen LogP contribution in [0.15, 0.2) is 59.0 Å². The van der Waals surface area contributed by atoms with Crippen molar-refractivity contribution in [1.29, 1.82) is 0 Å². The number of aliphatic hydroxyl groups excluding tert-OH is 1. The Morgan fingerprint density at radius 3 is 2.32 bits per heavy atom. The van der Waals surface area contributed by atoms with E-state index in [9.17, 15) is 27.5 Å². The van der Waals surface area contributed by atoms with Crippen LogP contribution in [0.25, 0.3) is 5.76 Å². The topological polar surface area (TPSA) is 107 Å². The molecule has 198 valence electrons. The number of benzene rings is 2. The van der Waals surface area contributed by atoms with Crippen LogP contribution in [0.3, 0.4) is 0 Å². The lowest BCUT2D eigenvalue weighted by atomic mass is 9.95. The van der Waals surface area contributed by atoms with Gasteiger partial charge in [-0.3, -0.25) is 14.5 Å². The molecule has 2 aliphatic heterocycles. The van der Waals surface area contributed by atoms with Gasteiger partial charge >= 0.3 is 0 Å². The van der Waals surface area contributed by atoms with Crippen molar-refractivity contribution in [3.8, 4) is 0 Å². The Labute approximate surface area is 215 Å². The molecule has 9 nitrogen and oxygen atoms in total. The molecule has 0 aliphatic carbocycles. The van der Waals surface area contributed by atoms with E-state index in [1.165, 1.54) is 61.5 Å².